The van der Waals surface area contributed by atoms with Crippen molar-refractivity contribution in [2.75, 3.05) is 4.90 Å². The second kappa shape index (κ2) is 15.7. The summed E-state index contributed by atoms with van der Waals surface area (Å²) >= 11 is 0. The zero-order valence-corrected chi connectivity index (χ0v) is 36.9. The summed E-state index contributed by atoms with van der Waals surface area (Å²) in [6.07, 6.45) is 0. The van der Waals surface area contributed by atoms with E-state index in [1.165, 1.54) is 16.7 Å². The summed E-state index contributed by atoms with van der Waals surface area (Å²) in [6.45, 7) is 6.62. The minimum atomic E-state index is -0.768. The molecule has 1 atom stereocenters. The normalized spacial score (nSPS) is 14.3. The molecule has 314 valence electrons. The van der Waals surface area contributed by atoms with Gasteiger partial charge >= 0.3 is 0 Å². The van der Waals surface area contributed by atoms with Gasteiger partial charge in [-0.25, -0.2) is 15.0 Å². The summed E-state index contributed by atoms with van der Waals surface area (Å²) in [5, 5.41) is 2.21. The zero-order valence-electron chi connectivity index (χ0n) is 36.9. The molecule has 0 bridgehead atoms. The minimum absolute atomic E-state index is 0.628. The largest absolute Gasteiger partial charge is 0.456 e. The van der Waals surface area contributed by atoms with Crippen molar-refractivity contribution in [2.24, 2.45) is 0 Å². The van der Waals surface area contributed by atoms with E-state index in [1.807, 2.05) is 60.7 Å². The minimum Gasteiger partial charge on any atom is -0.456 e. The van der Waals surface area contributed by atoms with Gasteiger partial charge in [0.1, 0.15) is 11.2 Å². The van der Waals surface area contributed by atoms with Crippen LogP contribution in [0, 0.1) is 20.8 Å². The first-order valence-corrected chi connectivity index (χ1v) is 22.5. The molecule has 0 radical (unpaired) electrons. The van der Waals surface area contributed by atoms with Gasteiger partial charge in [0, 0.05) is 33.0 Å². The molecule has 66 heavy (non-hydrogen) atoms. The lowest BCUT2D eigenvalue weighted by Gasteiger charge is -2.47. The second-order valence-electron chi connectivity index (χ2n) is 17.3. The third-order valence-electron chi connectivity index (χ3n) is 13.3. The molecule has 9 aromatic carbocycles. The maximum Gasteiger partial charge on any atom is 0.164 e. The molecule has 11 aromatic rings. The van der Waals surface area contributed by atoms with Crippen LogP contribution in [0.5, 0.6) is 0 Å². The standard InChI is InChI=1S/C61H44N4O/c1-39-20-13-14-27-47(39)44-34-35-51-54(38-44)65(56-40(2)36-45(37-41(56)3)60-63-58(42-21-7-4-8-22-42)62-59(64-60)43-23-9-5-10-24-43)53-32-17-16-30-50(53)61(51,46-25-11-6-12-26-46)52-31-19-29-49-48-28-15-18-33-55(48)66-57(49)52/h4-38H,1-3H3. The Balaban J connectivity index is 1.13. The molecule has 0 saturated carbocycles. The summed E-state index contributed by atoms with van der Waals surface area (Å²) in [7, 11) is 0. The molecule has 0 fully saturated rings. The number of fused-ring (bicyclic) bond motifs is 5. The number of rotatable bonds is 7. The highest BCUT2D eigenvalue weighted by molar-refractivity contribution is 6.07. The van der Waals surface area contributed by atoms with Gasteiger partial charge in [0.05, 0.1) is 22.5 Å². The Hall–Kier alpha value is -8.41. The van der Waals surface area contributed by atoms with Gasteiger partial charge < -0.3 is 9.32 Å². The van der Waals surface area contributed by atoms with Crippen LogP contribution in [0.2, 0.25) is 0 Å². The molecule has 5 nitrogen and oxygen atoms in total. The van der Waals surface area contributed by atoms with E-state index >= 15 is 0 Å². The zero-order chi connectivity index (χ0) is 44.4. The molecule has 0 aliphatic carbocycles. The second-order valence-corrected chi connectivity index (χ2v) is 17.3. The molecular formula is C61H44N4O. The number of benzene rings is 9. The average Bonchev–Trinajstić information content (AvgIpc) is 3.76. The van der Waals surface area contributed by atoms with Gasteiger partial charge in [-0.05, 0) is 95.6 Å². The fourth-order valence-corrected chi connectivity index (χ4v) is 10.5. The predicted molar refractivity (Wildman–Crippen MR) is 270 cm³/mol. The van der Waals surface area contributed by atoms with Crippen molar-refractivity contribution < 1.29 is 4.42 Å². The van der Waals surface area contributed by atoms with Crippen LogP contribution in [-0.4, -0.2) is 15.0 Å². The van der Waals surface area contributed by atoms with Crippen LogP contribution in [0.15, 0.2) is 217 Å². The first-order chi connectivity index (χ1) is 32.5. The van der Waals surface area contributed by atoms with Crippen LogP contribution in [0.3, 0.4) is 0 Å². The molecule has 1 aliphatic rings. The molecule has 0 amide bonds. The molecule has 0 spiro atoms. The third kappa shape index (κ3) is 6.19. The summed E-state index contributed by atoms with van der Waals surface area (Å²) < 4.78 is 6.97. The number of hydrogen-bond donors (Lipinski definition) is 0. The van der Waals surface area contributed by atoms with Gasteiger partial charge in [-0.15, -0.1) is 0 Å². The monoisotopic (exact) mass is 848 g/mol. The van der Waals surface area contributed by atoms with Crippen LogP contribution < -0.4 is 4.90 Å². The van der Waals surface area contributed by atoms with Gasteiger partial charge in [0.25, 0.3) is 0 Å². The number of hydrogen-bond acceptors (Lipinski definition) is 5. The Kier molecular flexibility index (Phi) is 9.32. The number of anilines is 3. The van der Waals surface area contributed by atoms with E-state index in [9.17, 15) is 0 Å². The smallest absolute Gasteiger partial charge is 0.164 e. The highest BCUT2D eigenvalue weighted by Crippen LogP contribution is 2.60. The number of nitrogens with zero attached hydrogens (tertiary/aromatic N) is 4. The highest BCUT2D eigenvalue weighted by atomic mass is 16.3. The van der Waals surface area contributed by atoms with Crippen molar-refractivity contribution in [1.82, 2.24) is 15.0 Å². The molecule has 2 aromatic heterocycles. The predicted octanol–water partition coefficient (Wildman–Crippen LogP) is 15.5. The van der Waals surface area contributed by atoms with Crippen molar-refractivity contribution >= 4 is 39.0 Å². The molecule has 1 aliphatic heterocycles. The Morgan fingerprint density at radius 2 is 0.939 bits per heavy atom. The van der Waals surface area contributed by atoms with Crippen LogP contribution in [0.4, 0.5) is 17.1 Å². The summed E-state index contributed by atoms with van der Waals surface area (Å²) in [5.41, 5.74) is 17.5. The fraction of sp³-hybridized carbons (Fsp3) is 0.0656. The van der Waals surface area contributed by atoms with Crippen molar-refractivity contribution in [2.45, 2.75) is 26.2 Å². The molecule has 0 N–H and O–H groups in total. The lowest BCUT2D eigenvalue weighted by Crippen LogP contribution is -2.38. The van der Waals surface area contributed by atoms with E-state index in [-0.39, 0.29) is 0 Å². The van der Waals surface area contributed by atoms with E-state index < -0.39 is 5.41 Å². The molecule has 5 heteroatoms. The Morgan fingerprint density at radius 3 is 1.64 bits per heavy atom. The lowest BCUT2D eigenvalue weighted by atomic mass is 9.62. The summed E-state index contributed by atoms with van der Waals surface area (Å²) in [5.74, 6) is 1.90. The van der Waals surface area contributed by atoms with Crippen LogP contribution in [-0.2, 0) is 5.41 Å². The van der Waals surface area contributed by atoms with Crippen molar-refractivity contribution in [1.29, 1.82) is 0 Å². The van der Waals surface area contributed by atoms with Crippen molar-refractivity contribution in [3.63, 3.8) is 0 Å². The SMILES string of the molecule is Cc1ccccc1-c1ccc2c(c1)N(c1c(C)cc(-c3nc(-c4ccccc4)nc(-c4ccccc4)n3)cc1C)c1ccccc1C2(c1ccccc1)c1cccc2c1oc1ccccc12. The highest BCUT2D eigenvalue weighted by Gasteiger charge is 2.48. The third-order valence-corrected chi connectivity index (χ3v) is 13.3. The Labute approximate surface area is 384 Å². The van der Waals surface area contributed by atoms with E-state index in [1.54, 1.807) is 0 Å². The van der Waals surface area contributed by atoms with E-state index in [2.05, 4.69) is 177 Å². The summed E-state index contributed by atoms with van der Waals surface area (Å²) in [4.78, 5) is 17.7. The molecule has 0 saturated heterocycles. The van der Waals surface area contributed by atoms with Crippen molar-refractivity contribution in [3.8, 4) is 45.3 Å². The van der Waals surface area contributed by atoms with Gasteiger partial charge in [-0.2, -0.15) is 0 Å². The molecular weight excluding hydrogens is 805 g/mol. The number of aromatic nitrogens is 3. The van der Waals surface area contributed by atoms with E-state index in [4.69, 9.17) is 19.4 Å². The maximum absolute atomic E-state index is 6.97. The van der Waals surface area contributed by atoms with Crippen molar-refractivity contribution in [3.05, 3.63) is 251 Å². The summed E-state index contributed by atoms with van der Waals surface area (Å²) in [6, 6.07) is 75.5. The Morgan fingerprint density at radius 1 is 0.394 bits per heavy atom. The number of furan rings is 1. The average molecular weight is 849 g/mol. The molecule has 3 heterocycles. The first-order valence-electron chi connectivity index (χ1n) is 22.5. The van der Waals surface area contributed by atoms with Gasteiger partial charge in [-0.3, -0.25) is 0 Å². The fourth-order valence-electron chi connectivity index (χ4n) is 10.5. The van der Waals surface area contributed by atoms with E-state index in [0.717, 1.165) is 89.1 Å². The Bertz CT molecular complexity index is 3560. The molecule has 12 rings (SSSR count). The molecule has 1 unspecified atom stereocenters. The number of para-hydroxylation sites is 3. The quantitative estimate of drug-likeness (QED) is 0.160. The van der Waals surface area contributed by atoms with Gasteiger partial charge in [0.15, 0.2) is 17.5 Å². The van der Waals surface area contributed by atoms with Crippen LogP contribution in [0.1, 0.15) is 38.9 Å². The van der Waals surface area contributed by atoms with Crippen LogP contribution >= 0.6 is 0 Å². The van der Waals surface area contributed by atoms with E-state index in [0.29, 0.717) is 17.5 Å². The number of aryl methyl sites for hydroxylation is 3. The van der Waals surface area contributed by atoms with Gasteiger partial charge in [-0.1, -0.05) is 182 Å². The first kappa shape index (κ1) is 39.2. The maximum atomic E-state index is 6.97. The lowest BCUT2D eigenvalue weighted by molar-refractivity contribution is 0.643. The van der Waals surface area contributed by atoms with Crippen LogP contribution in [0.25, 0.3) is 67.2 Å². The van der Waals surface area contributed by atoms with Gasteiger partial charge in [0.2, 0.25) is 0 Å². The topological polar surface area (TPSA) is 55.1 Å².